The summed E-state index contributed by atoms with van der Waals surface area (Å²) in [6.07, 6.45) is 4.41. The van der Waals surface area contributed by atoms with Gasteiger partial charge in [-0.1, -0.05) is 24.3 Å². The quantitative estimate of drug-likeness (QED) is 0.778. The van der Waals surface area contributed by atoms with Gasteiger partial charge in [-0.05, 0) is 68.1 Å². The van der Waals surface area contributed by atoms with E-state index in [1.807, 2.05) is 6.20 Å². The zero-order chi connectivity index (χ0) is 14.9. The lowest BCUT2D eigenvalue weighted by Crippen LogP contribution is -2.26. The average molecular weight is 291 g/mol. The first-order chi connectivity index (χ1) is 10.8. The molecule has 0 saturated carbocycles. The maximum absolute atomic E-state index is 4.60. The van der Waals surface area contributed by atoms with E-state index in [0.717, 1.165) is 18.8 Å². The summed E-state index contributed by atoms with van der Waals surface area (Å²) >= 11 is 0. The van der Waals surface area contributed by atoms with Crippen molar-refractivity contribution < 1.29 is 0 Å². The molecule has 0 radical (unpaired) electrons. The highest BCUT2D eigenvalue weighted by molar-refractivity contribution is 5.81. The molecule has 2 heterocycles. The van der Waals surface area contributed by atoms with Crippen LogP contribution in [0.1, 0.15) is 29.9 Å². The van der Waals surface area contributed by atoms with E-state index in [1.165, 1.54) is 34.9 Å². The van der Waals surface area contributed by atoms with Crippen LogP contribution in [0.5, 0.6) is 0 Å². The van der Waals surface area contributed by atoms with Crippen molar-refractivity contribution in [2.45, 2.75) is 25.7 Å². The first-order valence-electron chi connectivity index (χ1n) is 8.07. The van der Waals surface area contributed by atoms with Crippen LogP contribution in [0.4, 0.5) is 0 Å². The molecule has 1 aromatic heterocycles. The van der Waals surface area contributed by atoms with Crippen molar-refractivity contribution >= 4 is 10.9 Å². The summed E-state index contributed by atoms with van der Waals surface area (Å²) in [6.45, 7) is 4.37. The van der Waals surface area contributed by atoms with Crippen LogP contribution < -0.4 is 5.32 Å². The number of nitrogens with zero attached hydrogens (tertiary/aromatic N) is 2. The number of hydrogen-bond donors (Lipinski definition) is 1. The molecular formula is C19H21N3. The fraction of sp³-hybridized carbons (Fsp3) is 0.316. The number of hydrogen-bond acceptors (Lipinski definition) is 2. The lowest BCUT2D eigenvalue weighted by atomic mass is 9.90. The van der Waals surface area contributed by atoms with E-state index in [2.05, 4.69) is 64.5 Å². The number of nitrogens with one attached hydrogen (secondary N) is 1. The molecule has 0 amide bonds. The van der Waals surface area contributed by atoms with Crippen molar-refractivity contribution in [2.24, 2.45) is 0 Å². The molecule has 112 valence electrons. The highest BCUT2D eigenvalue weighted by Gasteiger charge is 2.16. The van der Waals surface area contributed by atoms with Crippen LogP contribution in [0.25, 0.3) is 16.6 Å². The van der Waals surface area contributed by atoms with E-state index in [-0.39, 0.29) is 0 Å². The highest BCUT2D eigenvalue weighted by Crippen LogP contribution is 2.29. The van der Waals surface area contributed by atoms with E-state index in [9.17, 15) is 0 Å². The zero-order valence-electron chi connectivity index (χ0n) is 12.9. The van der Waals surface area contributed by atoms with Crippen molar-refractivity contribution in [1.29, 1.82) is 0 Å². The number of piperidine rings is 1. The molecule has 1 saturated heterocycles. The molecule has 0 unspecified atom stereocenters. The van der Waals surface area contributed by atoms with E-state index in [0.29, 0.717) is 5.92 Å². The summed E-state index contributed by atoms with van der Waals surface area (Å²) in [5.41, 5.74) is 5.05. The van der Waals surface area contributed by atoms with Crippen molar-refractivity contribution in [3.8, 4) is 5.69 Å². The molecule has 1 fully saturated rings. The Morgan fingerprint density at radius 3 is 2.77 bits per heavy atom. The van der Waals surface area contributed by atoms with Crippen LogP contribution in [0.2, 0.25) is 0 Å². The molecule has 3 nitrogen and oxygen atoms in total. The third kappa shape index (κ3) is 2.42. The maximum Gasteiger partial charge on any atom is 0.0743 e. The Kier molecular flexibility index (Phi) is 3.43. The number of benzene rings is 2. The predicted molar refractivity (Wildman–Crippen MR) is 90.7 cm³/mol. The van der Waals surface area contributed by atoms with Crippen LogP contribution in [0, 0.1) is 6.92 Å². The Morgan fingerprint density at radius 1 is 1.09 bits per heavy atom. The van der Waals surface area contributed by atoms with Crippen molar-refractivity contribution in [1.82, 2.24) is 15.1 Å². The minimum Gasteiger partial charge on any atom is -0.317 e. The lowest BCUT2D eigenvalue weighted by molar-refractivity contribution is 0.460. The monoisotopic (exact) mass is 291 g/mol. The van der Waals surface area contributed by atoms with Gasteiger partial charge >= 0.3 is 0 Å². The van der Waals surface area contributed by atoms with Gasteiger partial charge < -0.3 is 5.32 Å². The summed E-state index contributed by atoms with van der Waals surface area (Å²) < 4.78 is 2.06. The van der Waals surface area contributed by atoms with E-state index in [4.69, 9.17) is 0 Å². The predicted octanol–water partition coefficient (Wildman–Crippen LogP) is 3.80. The summed E-state index contributed by atoms with van der Waals surface area (Å²) in [4.78, 5) is 0. The van der Waals surface area contributed by atoms with Gasteiger partial charge in [-0.2, -0.15) is 5.10 Å². The van der Waals surface area contributed by atoms with Gasteiger partial charge in [-0.25, -0.2) is 4.68 Å². The third-order valence-corrected chi connectivity index (χ3v) is 4.65. The smallest absolute Gasteiger partial charge is 0.0743 e. The third-order valence-electron chi connectivity index (χ3n) is 4.65. The van der Waals surface area contributed by atoms with Crippen LogP contribution in [0.15, 0.2) is 48.7 Å². The van der Waals surface area contributed by atoms with Gasteiger partial charge in [0.2, 0.25) is 0 Å². The van der Waals surface area contributed by atoms with Gasteiger partial charge in [0.05, 0.1) is 17.4 Å². The van der Waals surface area contributed by atoms with E-state index < -0.39 is 0 Å². The number of aromatic nitrogens is 2. The second-order valence-corrected chi connectivity index (χ2v) is 6.24. The van der Waals surface area contributed by atoms with Crippen molar-refractivity contribution in [3.63, 3.8) is 0 Å². The number of fused-ring (bicyclic) bond motifs is 1. The first kappa shape index (κ1) is 13.5. The Bertz CT molecular complexity index is 797. The molecule has 0 atom stereocenters. The molecule has 0 spiro atoms. The fourth-order valence-corrected chi connectivity index (χ4v) is 3.41. The van der Waals surface area contributed by atoms with Gasteiger partial charge in [0, 0.05) is 5.39 Å². The van der Waals surface area contributed by atoms with Gasteiger partial charge in [0.1, 0.15) is 0 Å². The normalized spacial score (nSPS) is 16.2. The Morgan fingerprint density at radius 2 is 1.95 bits per heavy atom. The second kappa shape index (κ2) is 5.58. The van der Waals surface area contributed by atoms with Gasteiger partial charge in [-0.15, -0.1) is 0 Å². The molecule has 0 aliphatic carbocycles. The molecular weight excluding hydrogens is 270 g/mol. The van der Waals surface area contributed by atoms with Crippen molar-refractivity contribution in [3.05, 3.63) is 59.8 Å². The molecule has 3 heteroatoms. The van der Waals surface area contributed by atoms with Gasteiger partial charge in [-0.3, -0.25) is 0 Å². The molecule has 1 N–H and O–H groups in total. The van der Waals surface area contributed by atoms with Crippen LogP contribution in [-0.2, 0) is 0 Å². The standard InChI is InChI=1S/C19H21N3/c1-14-3-2-4-18(11-14)22-19-12-16(5-6-17(19)13-21-22)15-7-9-20-10-8-15/h2-6,11-13,15,20H,7-10H2,1H3. The van der Waals surface area contributed by atoms with E-state index >= 15 is 0 Å². The van der Waals surface area contributed by atoms with Crippen LogP contribution in [0.3, 0.4) is 0 Å². The fourth-order valence-electron chi connectivity index (χ4n) is 3.41. The molecule has 2 aromatic carbocycles. The molecule has 1 aliphatic rings. The van der Waals surface area contributed by atoms with Crippen LogP contribution >= 0.6 is 0 Å². The molecule has 3 aromatic rings. The summed E-state index contributed by atoms with van der Waals surface area (Å²) in [6, 6.07) is 15.3. The van der Waals surface area contributed by atoms with Crippen molar-refractivity contribution in [2.75, 3.05) is 13.1 Å². The first-order valence-corrected chi connectivity index (χ1v) is 8.07. The summed E-state index contributed by atoms with van der Waals surface area (Å²) in [5.74, 6) is 0.673. The SMILES string of the molecule is Cc1cccc(-n2ncc3ccc(C4CCNCC4)cc32)c1. The molecule has 0 bridgehead atoms. The van der Waals surface area contributed by atoms with Crippen LogP contribution in [-0.4, -0.2) is 22.9 Å². The molecule has 22 heavy (non-hydrogen) atoms. The maximum atomic E-state index is 4.60. The minimum absolute atomic E-state index is 0.673. The highest BCUT2D eigenvalue weighted by atomic mass is 15.3. The summed E-state index contributed by atoms with van der Waals surface area (Å²) in [5, 5.41) is 9.25. The Labute approximate surface area is 131 Å². The largest absolute Gasteiger partial charge is 0.317 e. The minimum atomic E-state index is 0.673. The topological polar surface area (TPSA) is 29.9 Å². The summed E-state index contributed by atoms with van der Waals surface area (Å²) in [7, 11) is 0. The van der Waals surface area contributed by atoms with Gasteiger partial charge in [0.25, 0.3) is 0 Å². The van der Waals surface area contributed by atoms with Gasteiger partial charge in [0.15, 0.2) is 0 Å². The average Bonchev–Trinajstić information content (AvgIpc) is 2.99. The molecule has 4 rings (SSSR count). The molecule has 1 aliphatic heterocycles. The number of rotatable bonds is 2. The number of aryl methyl sites for hydroxylation is 1. The van der Waals surface area contributed by atoms with E-state index in [1.54, 1.807) is 0 Å². The second-order valence-electron chi connectivity index (χ2n) is 6.24. The Balaban J connectivity index is 1.79. The Hall–Kier alpha value is -2.13. The zero-order valence-corrected chi connectivity index (χ0v) is 12.9. The lowest BCUT2D eigenvalue weighted by Gasteiger charge is -2.23.